The molecule has 2 aliphatic heterocycles. The second-order valence-corrected chi connectivity index (χ2v) is 13.8. The lowest BCUT2D eigenvalue weighted by Crippen LogP contribution is -2.47. The number of likely N-dealkylation sites (tertiary alicyclic amines) is 1. The minimum Gasteiger partial charge on any atom is -0.497 e. The van der Waals surface area contributed by atoms with Crippen LogP contribution in [0.2, 0.25) is 10.0 Å². The Morgan fingerprint density at radius 2 is 1.79 bits per heavy atom. The van der Waals surface area contributed by atoms with Crippen LogP contribution in [0.25, 0.3) is 0 Å². The molecule has 2 N–H and O–H groups in total. The highest BCUT2D eigenvalue weighted by Crippen LogP contribution is 2.39. The van der Waals surface area contributed by atoms with Crippen LogP contribution in [0, 0.1) is 5.92 Å². The van der Waals surface area contributed by atoms with Gasteiger partial charge in [0.15, 0.2) is 5.82 Å². The van der Waals surface area contributed by atoms with Crippen molar-refractivity contribution < 1.29 is 19.1 Å². The Morgan fingerprint density at radius 3 is 2.47 bits per heavy atom. The highest BCUT2D eigenvalue weighted by Gasteiger charge is 2.35. The number of methoxy groups -OCH3 is 1. The van der Waals surface area contributed by atoms with Gasteiger partial charge in [-0.05, 0) is 81.1 Å². The molecule has 3 aromatic rings. The van der Waals surface area contributed by atoms with E-state index in [2.05, 4.69) is 32.2 Å². The van der Waals surface area contributed by atoms with Gasteiger partial charge in [0.05, 0.1) is 24.7 Å². The van der Waals surface area contributed by atoms with E-state index in [-0.39, 0.29) is 24.1 Å². The smallest absolute Gasteiger partial charge is 0.416 e. The third kappa shape index (κ3) is 8.51. The molecule has 47 heavy (non-hydrogen) atoms. The van der Waals surface area contributed by atoms with Gasteiger partial charge in [-0.15, -0.1) is 10.2 Å². The summed E-state index contributed by atoms with van der Waals surface area (Å²) in [5.41, 5.74) is 8.24. The Hall–Kier alpha value is -3.93. The average molecular weight is 683 g/mol. The summed E-state index contributed by atoms with van der Waals surface area (Å²) in [7, 11) is 1.66. The largest absolute Gasteiger partial charge is 0.497 e. The molecule has 0 saturated carbocycles. The van der Waals surface area contributed by atoms with E-state index < -0.39 is 11.7 Å². The summed E-state index contributed by atoms with van der Waals surface area (Å²) in [6.07, 6.45) is 0.0647. The summed E-state index contributed by atoms with van der Waals surface area (Å²) >= 11 is 12.9. The Morgan fingerprint density at radius 1 is 1.06 bits per heavy atom. The van der Waals surface area contributed by atoms with Crippen molar-refractivity contribution in [2.75, 3.05) is 49.6 Å². The van der Waals surface area contributed by atoms with E-state index in [1.54, 1.807) is 46.1 Å². The Kier molecular flexibility index (Phi) is 10.6. The van der Waals surface area contributed by atoms with E-state index in [4.69, 9.17) is 38.4 Å². The number of rotatable bonds is 10. The molecule has 0 bridgehead atoms. The molecule has 13 heteroatoms. The highest BCUT2D eigenvalue weighted by molar-refractivity contribution is 6.33. The summed E-state index contributed by atoms with van der Waals surface area (Å²) < 4.78 is 10.9. The van der Waals surface area contributed by atoms with Gasteiger partial charge >= 0.3 is 6.09 Å². The van der Waals surface area contributed by atoms with E-state index in [0.29, 0.717) is 52.8 Å². The van der Waals surface area contributed by atoms with Crippen molar-refractivity contribution in [1.29, 1.82) is 0 Å². The molecule has 1 saturated heterocycles. The van der Waals surface area contributed by atoms with Crippen molar-refractivity contribution in [1.82, 2.24) is 15.1 Å². The van der Waals surface area contributed by atoms with Gasteiger partial charge in [-0.25, -0.2) is 4.79 Å². The molecular weight excluding hydrogens is 641 g/mol. The first-order valence-electron chi connectivity index (χ1n) is 15.6. The van der Waals surface area contributed by atoms with Crippen LogP contribution in [0.5, 0.6) is 5.75 Å². The molecule has 1 aromatic heterocycles. The second kappa shape index (κ2) is 14.5. The lowest BCUT2D eigenvalue weighted by molar-refractivity contribution is 0.0578. The molecule has 1 unspecified atom stereocenters. The minimum absolute atomic E-state index is 0.120. The number of hydrogen-bond acceptors (Lipinski definition) is 9. The van der Waals surface area contributed by atoms with Crippen molar-refractivity contribution in [3.63, 3.8) is 0 Å². The standard InChI is InChI=1S/C34H41Cl2N7O4/c1-21(26-15-24(35)8-11-27(26)36)42-12-13-43(33(45)47-34(2,3)4)32-29(42)16-28(39-40-32)30(44)17-38-31(37)14-23-19-41(20-23)18-22-6-9-25(46-5)10-7-22/h6-11,15-16,21,23H,12-14,17-20H2,1-5H3,(H2,37,38). The molecule has 1 fully saturated rings. The van der Waals surface area contributed by atoms with Crippen molar-refractivity contribution in [2.45, 2.75) is 52.3 Å². The third-order valence-electron chi connectivity index (χ3n) is 8.18. The lowest BCUT2D eigenvalue weighted by Gasteiger charge is -2.40. The van der Waals surface area contributed by atoms with Gasteiger partial charge < -0.3 is 20.1 Å². The maximum absolute atomic E-state index is 13.3. The van der Waals surface area contributed by atoms with Gasteiger partial charge in [0, 0.05) is 49.2 Å². The second-order valence-electron chi connectivity index (χ2n) is 12.9. The van der Waals surface area contributed by atoms with Crippen LogP contribution in [0.4, 0.5) is 16.3 Å². The number of aliphatic imine (C=N–C) groups is 1. The Labute approximate surface area is 285 Å². The summed E-state index contributed by atoms with van der Waals surface area (Å²) in [5.74, 6) is 1.61. The molecule has 5 rings (SSSR count). The number of anilines is 2. The minimum atomic E-state index is -0.703. The molecule has 2 aliphatic rings. The van der Waals surface area contributed by atoms with Gasteiger partial charge in [-0.2, -0.15) is 0 Å². The number of nitrogens with zero attached hydrogens (tertiary/aromatic N) is 6. The number of hydrogen-bond donors (Lipinski definition) is 1. The zero-order valence-electron chi connectivity index (χ0n) is 27.4. The summed E-state index contributed by atoms with van der Waals surface area (Å²) in [5, 5.41) is 9.65. The number of benzene rings is 2. The molecule has 1 atom stereocenters. The van der Waals surface area contributed by atoms with Crippen LogP contribution in [-0.2, 0) is 11.3 Å². The molecule has 11 nitrogen and oxygen atoms in total. The number of amides is 1. The molecule has 1 amide bonds. The van der Waals surface area contributed by atoms with Crippen LogP contribution >= 0.6 is 23.2 Å². The number of carbonyl (C=O) groups excluding carboxylic acids is 2. The zero-order chi connectivity index (χ0) is 33.9. The summed E-state index contributed by atoms with van der Waals surface area (Å²) in [6.45, 7) is 10.6. The molecule has 0 aliphatic carbocycles. The Balaban J connectivity index is 1.27. The normalized spacial score (nSPS) is 16.4. The first kappa shape index (κ1) is 34.4. The van der Waals surface area contributed by atoms with Gasteiger partial charge in [-0.3, -0.25) is 19.6 Å². The summed E-state index contributed by atoms with van der Waals surface area (Å²) in [6, 6.07) is 14.7. The van der Waals surface area contributed by atoms with Gasteiger partial charge in [0.2, 0.25) is 5.78 Å². The number of ketones is 1. The van der Waals surface area contributed by atoms with E-state index >= 15 is 0 Å². The monoisotopic (exact) mass is 681 g/mol. The van der Waals surface area contributed by atoms with Crippen molar-refractivity contribution in [3.05, 3.63) is 75.4 Å². The average Bonchev–Trinajstić information content (AvgIpc) is 3.02. The van der Waals surface area contributed by atoms with Crippen molar-refractivity contribution >= 4 is 52.4 Å². The van der Waals surface area contributed by atoms with Gasteiger partial charge in [0.1, 0.15) is 23.6 Å². The molecule has 3 heterocycles. The fourth-order valence-electron chi connectivity index (χ4n) is 5.79. The fourth-order valence-corrected chi connectivity index (χ4v) is 6.24. The number of carbonyl (C=O) groups is 2. The lowest BCUT2D eigenvalue weighted by atomic mass is 9.95. The first-order chi connectivity index (χ1) is 22.3. The first-order valence-corrected chi connectivity index (χ1v) is 16.3. The van der Waals surface area contributed by atoms with Crippen LogP contribution in [0.1, 0.15) is 61.8 Å². The van der Waals surface area contributed by atoms with E-state index in [0.717, 1.165) is 30.9 Å². The predicted octanol–water partition coefficient (Wildman–Crippen LogP) is 6.18. The maximum Gasteiger partial charge on any atom is 0.416 e. The molecule has 250 valence electrons. The number of nitrogens with two attached hydrogens (primary N) is 1. The number of fused-ring (bicyclic) bond motifs is 1. The number of ether oxygens (including phenoxy) is 2. The predicted molar refractivity (Wildman–Crippen MR) is 185 cm³/mol. The molecule has 0 radical (unpaired) electrons. The fraction of sp³-hybridized carbons (Fsp3) is 0.441. The van der Waals surface area contributed by atoms with E-state index in [1.807, 2.05) is 30.0 Å². The van der Waals surface area contributed by atoms with Gasteiger partial charge in [-0.1, -0.05) is 35.3 Å². The number of amidine groups is 1. The number of Topliss-reactive ketones (excluding diaryl/α,β-unsaturated/α-hetero) is 1. The SMILES string of the molecule is COc1ccc(CN2CC(CC(N)=NCC(=O)c3cc4c(nn3)N(C(=O)OC(C)(C)C)CCN4C(C)c3cc(Cl)ccc3Cl)C2)cc1. The maximum atomic E-state index is 13.3. The van der Waals surface area contributed by atoms with Crippen LogP contribution < -0.4 is 20.3 Å². The van der Waals surface area contributed by atoms with Gasteiger partial charge in [0.25, 0.3) is 0 Å². The van der Waals surface area contributed by atoms with Crippen LogP contribution in [-0.4, -0.2) is 78.2 Å². The molecular formula is C34H41Cl2N7O4. The van der Waals surface area contributed by atoms with Crippen LogP contribution in [0.15, 0.2) is 53.5 Å². The number of aromatic nitrogens is 2. The zero-order valence-corrected chi connectivity index (χ0v) is 28.9. The Bertz CT molecular complexity index is 1640. The molecule has 2 aromatic carbocycles. The highest BCUT2D eigenvalue weighted by atomic mass is 35.5. The molecule has 0 spiro atoms. The summed E-state index contributed by atoms with van der Waals surface area (Å²) in [4.78, 5) is 36.7. The van der Waals surface area contributed by atoms with E-state index in [1.165, 1.54) is 10.5 Å². The number of halogens is 2. The van der Waals surface area contributed by atoms with Crippen molar-refractivity contribution in [3.8, 4) is 5.75 Å². The third-order valence-corrected chi connectivity index (χ3v) is 8.76. The van der Waals surface area contributed by atoms with E-state index in [9.17, 15) is 9.59 Å². The quantitative estimate of drug-likeness (QED) is 0.152. The van der Waals surface area contributed by atoms with Crippen LogP contribution in [0.3, 0.4) is 0 Å². The topological polar surface area (TPSA) is 126 Å². The van der Waals surface area contributed by atoms with Crippen molar-refractivity contribution in [2.24, 2.45) is 16.6 Å².